The Morgan fingerprint density at radius 1 is 1.11 bits per heavy atom. The van der Waals surface area contributed by atoms with E-state index in [1.54, 1.807) is 13.1 Å². The maximum Gasteiger partial charge on any atom is 0.269 e. The van der Waals surface area contributed by atoms with E-state index in [4.69, 9.17) is 0 Å². The number of nitrogens with zero attached hydrogens (tertiary/aromatic N) is 1. The van der Waals surface area contributed by atoms with Crippen molar-refractivity contribution in [2.24, 2.45) is 0 Å². The molecule has 0 aliphatic carbocycles. The van der Waals surface area contributed by atoms with Gasteiger partial charge in [0.2, 0.25) is 0 Å². The van der Waals surface area contributed by atoms with Crippen molar-refractivity contribution in [3.05, 3.63) is 64.5 Å². The van der Waals surface area contributed by atoms with Crippen molar-refractivity contribution in [1.29, 1.82) is 0 Å². The van der Waals surface area contributed by atoms with Gasteiger partial charge in [0.25, 0.3) is 5.91 Å². The molecule has 1 aromatic heterocycles. The first-order valence-corrected chi connectivity index (χ1v) is 6.33. The smallest absolute Gasteiger partial charge is 0.269 e. The van der Waals surface area contributed by atoms with E-state index in [1.165, 1.54) is 11.1 Å². The van der Waals surface area contributed by atoms with Crippen LogP contribution in [0.25, 0.3) is 0 Å². The number of aromatic nitrogens is 1. The molecule has 0 saturated carbocycles. The Morgan fingerprint density at radius 2 is 1.79 bits per heavy atom. The van der Waals surface area contributed by atoms with Crippen molar-refractivity contribution in [2.45, 2.75) is 20.3 Å². The molecule has 1 N–H and O–H groups in total. The summed E-state index contributed by atoms with van der Waals surface area (Å²) < 4.78 is 0. The normalized spacial score (nSPS) is 10.3. The third-order valence-corrected chi connectivity index (χ3v) is 2.99. The molecule has 0 bridgehead atoms. The van der Waals surface area contributed by atoms with E-state index < -0.39 is 0 Å². The molecular formula is C16H18N2O. The fraction of sp³-hybridized carbons (Fsp3) is 0.250. The van der Waals surface area contributed by atoms with E-state index in [0.717, 1.165) is 17.7 Å². The molecule has 0 saturated heterocycles. The molecule has 0 unspecified atom stereocenters. The van der Waals surface area contributed by atoms with Crippen LogP contribution < -0.4 is 5.32 Å². The van der Waals surface area contributed by atoms with Crippen LogP contribution in [0, 0.1) is 13.8 Å². The Balaban J connectivity index is 2.27. The molecule has 98 valence electrons. The number of amides is 1. The summed E-state index contributed by atoms with van der Waals surface area (Å²) in [4.78, 5) is 16.1. The van der Waals surface area contributed by atoms with Crippen LogP contribution in [0.1, 0.15) is 32.9 Å². The lowest BCUT2D eigenvalue weighted by Crippen LogP contribution is -2.20. The van der Waals surface area contributed by atoms with Crippen LogP contribution >= 0.6 is 0 Å². The summed E-state index contributed by atoms with van der Waals surface area (Å²) >= 11 is 0. The van der Waals surface area contributed by atoms with Crippen LogP contribution in [0.15, 0.2) is 36.4 Å². The molecule has 1 heterocycles. The minimum absolute atomic E-state index is 0.145. The van der Waals surface area contributed by atoms with Gasteiger partial charge < -0.3 is 5.32 Å². The highest BCUT2D eigenvalue weighted by Crippen LogP contribution is 2.12. The van der Waals surface area contributed by atoms with Crippen molar-refractivity contribution in [3.63, 3.8) is 0 Å². The van der Waals surface area contributed by atoms with Gasteiger partial charge >= 0.3 is 0 Å². The number of benzene rings is 1. The molecular weight excluding hydrogens is 236 g/mol. The van der Waals surface area contributed by atoms with Crippen LogP contribution in [0.3, 0.4) is 0 Å². The number of aryl methyl sites for hydroxylation is 2. The number of carbonyl (C=O) groups is 1. The summed E-state index contributed by atoms with van der Waals surface area (Å²) in [7, 11) is 1.62. The summed E-state index contributed by atoms with van der Waals surface area (Å²) in [6.07, 6.45) is 0.742. The van der Waals surface area contributed by atoms with Crippen LogP contribution in [0.5, 0.6) is 0 Å². The quantitative estimate of drug-likeness (QED) is 0.915. The molecule has 2 aromatic rings. The van der Waals surface area contributed by atoms with Crippen molar-refractivity contribution >= 4 is 5.91 Å². The van der Waals surface area contributed by atoms with E-state index in [0.29, 0.717) is 5.69 Å². The van der Waals surface area contributed by atoms with Crippen LogP contribution in [-0.4, -0.2) is 17.9 Å². The number of nitrogens with one attached hydrogen (secondary N) is 1. The van der Waals surface area contributed by atoms with Crippen molar-refractivity contribution in [3.8, 4) is 0 Å². The molecule has 0 radical (unpaired) electrons. The second-order valence-electron chi connectivity index (χ2n) is 4.76. The average molecular weight is 254 g/mol. The van der Waals surface area contributed by atoms with E-state index in [2.05, 4.69) is 41.5 Å². The number of hydrogen-bond donors (Lipinski definition) is 1. The largest absolute Gasteiger partial charge is 0.354 e. The van der Waals surface area contributed by atoms with Gasteiger partial charge in [0.1, 0.15) is 5.69 Å². The lowest BCUT2D eigenvalue weighted by Gasteiger charge is -2.06. The molecule has 0 aliphatic rings. The zero-order valence-electron chi connectivity index (χ0n) is 11.5. The molecule has 3 heteroatoms. The lowest BCUT2D eigenvalue weighted by atomic mass is 10.1. The van der Waals surface area contributed by atoms with Crippen molar-refractivity contribution in [1.82, 2.24) is 10.3 Å². The minimum Gasteiger partial charge on any atom is -0.354 e. The molecule has 0 atom stereocenters. The van der Waals surface area contributed by atoms with Gasteiger partial charge in [-0.25, -0.2) is 4.98 Å². The van der Waals surface area contributed by atoms with E-state index >= 15 is 0 Å². The molecule has 3 nitrogen and oxygen atoms in total. The van der Waals surface area contributed by atoms with Gasteiger partial charge in [0.15, 0.2) is 0 Å². The lowest BCUT2D eigenvalue weighted by molar-refractivity contribution is 0.0958. The zero-order valence-corrected chi connectivity index (χ0v) is 11.5. The Bertz CT molecular complexity index is 588. The summed E-state index contributed by atoms with van der Waals surface area (Å²) in [5.74, 6) is -0.145. The predicted molar refractivity (Wildman–Crippen MR) is 76.3 cm³/mol. The van der Waals surface area contributed by atoms with Crippen molar-refractivity contribution < 1.29 is 4.79 Å². The van der Waals surface area contributed by atoms with Gasteiger partial charge in [-0.3, -0.25) is 4.79 Å². The average Bonchev–Trinajstić information content (AvgIpc) is 2.40. The van der Waals surface area contributed by atoms with Gasteiger partial charge in [-0.05, 0) is 37.1 Å². The highest BCUT2D eigenvalue weighted by Gasteiger charge is 2.08. The minimum atomic E-state index is -0.145. The molecule has 1 aromatic carbocycles. The fourth-order valence-corrected chi connectivity index (χ4v) is 1.99. The fourth-order valence-electron chi connectivity index (χ4n) is 1.99. The van der Waals surface area contributed by atoms with E-state index in [-0.39, 0.29) is 5.91 Å². The Kier molecular flexibility index (Phi) is 3.95. The standard InChI is InChI=1S/C16H18N2O/c1-11-4-6-13(7-5-11)10-14-8-12(2)9-15(18-14)16(19)17-3/h4-9H,10H2,1-3H3,(H,17,19). The van der Waals surface area contributed by atoms with Gasteiger partial charge in [-0.1, -0.05) is 29.8 Å². The number of carbonyl (C=O) groups excluding carboxylic acids is 1. The highest BCUT2D eigenvalue weighted by atomic mass is 16.1. The van der Waals surface area contributed by atoms with Gasteiger partial charge in [-0.15, -0.1) is 0 Å². The second kappa shape index (κ2) is 5.65. The third kappa shape index (κ3) is 3.41. The molecule has 19 heavy (non-hydrogen) atoms. The topological polar surface area (TPSA) is 42.0 Å². The first-order chi connectivity index (χ1) is 9.08. The predicted octanol–water partition coefficient (Wildman–Crippen LogP) is 2.65. The first-order valence-electron chi connectivity index (χ1n) is 6.33. The highest BCUT2D eigenvalue weighted by molar-refractivity contribution is 5.92. The molecule has 2 rings (SSSR count). The first kappa shape index (κ1) is 13.3. The summed E-state index contributed by atoms with van der Waals surface area (Å²) in [6, 6.07) is 12.2. The van der Waals surface area contributed by atoms with Crippen LogP contribution in [0.4, 0.5) is 0 Å². The van der Waals surface area contributed by atoms with E-state index in [1.807, 2.05) is 13.0 Å². The van der Waals surface area contributed by atoms with Gasteiger partial charge in [-0.2, -0.15) is 0 Å². The number of rotatable bonds is 3. The molecule has 0 spiro atoms. The molecule has 1 amide bonds. The zero-order chi connectivity index (χ0) is 13.8. The Morgan fingerprint density at radius 3 is 2.42 bits per heavy atom. The van der Waals surface area contributed by atoms with Gasteiger partial charge in [0, 0.05) is 19.2 Å². The SMILES string of the molecule is CNC(=O)c1cc(C)cc(Cc2ccc(C)cc2)n1. The second-order valence-corrected chi connectivity index (χ2v) is 4.76. The Labute approximate surface area is 113 Å². The number of hydrogen-bond acceptors (Lipinski definition) is 2. The van der Waals surface area contributed by atoms with Crippen molar-refractivity contribution in [2.75, 3.05) is 7.05 Å². The van der Waals surface area contributed by atoms with Crippen LogP contribution in [0.2, 0.25) is 0 Å². The third-order valence-electron chi connectivity index (χ3n) is 2.99. The summed E-state index contributed by atoms with van der Waals surface area (Å²) in [6.45, 7) is 4.05. The maximum absolute atomic E-state index is 11.6. The summed E-state index contributed by atoms with van der Waals surface area (Å²) in [5, 5.41) is 2.61. The molecule has 0 aliphatic heterocycles. The molecule has 0 fully saturated rings. The Hall–Kier alpha value is -2.16. The van der Waals surface area contributed by atoms with Gasteiger partial charge in [0.05, 0.1) is 0 Å². The van der Waals surface area contributed by atoms with E-state index in [9.17, 15) is 4.79 Å². The number of pyridine rings is 1. The monoisotopic (exact) mass is 254 g/mol. The van der Waals surface area contributed by atoms with Crippen LogP contribution in [-0.2, 0) is 6.42 Å². The summed E-state index contributed by atoms with van der Waals surface area (Å²) in [5.41, 5.74) is 4.89. The maximum atomic E-state index is 11.6.